The average Bonchev–Trinajstić information content (AvgIpc) is 2.55. The van der Waals surface area contributed by atoms with Gasteiger partial charge in [0, 0.05) is 21.4 Å². The number of rotatable bonds is 6. The van der Waals surface area contributed by atoms with Gasteiger partial charge in [-0.1, -0.05) is 6.07 Å². The normalized spacial score (nSPS) is 10.0. The van der Waals surface area contributed by atoms with Gasteiger partial charge in [-0.2, -0.15) is 0 Å². The van der Waals surface area contributed by atoms with E-state index in [0.717, 1.165) is 3.57 Å². The quantitative estimate of drug-likeness (QED) is 0.701. The predicted molar refractivity (Wildman–Crippen MR) is 97.7 cm³/mol. The molecule has 0 atom stereocenters. The molecule has 0 aliphatic rings. The molecule has 0 fully saturated rings. The smallest absolute Gasteiger partial charge is 0.262 e. The van der Waals surface area contributed by atoms with Crippen molar-refractivity contribution in [2.75, 3.05) is 18.5 Å². The number of benzene rings is 2. The molecule has 0 unspecified atom stereocenters. The summed E-state index contributed by atoms with van der Waals surface area (Å²) in [5, 5.41) is 5.43. The fraction of sp³-hybridized carbons (Fsp3) is 0.176. The number of amides is 2. The Morgan fingerprint density at radius 3 is 2.57 bits per heavy atom. The zero-order valence-corrected chi connectivity index (χ0v) is 14.8. The number of hydrogen-bond acceptors (Lipinski definition) is 3. The highest BCUT2D eigenvalue weighted by Gasteiger charge is 2.07. The standard InChI is InChI=1S/C17H17IN2O3/c1-2-19-17(22)12-4-3-5-14(10-12)20-16(21)11-23-15-8-6-13(18)7-9-15/h3-10H,2,11H2,1H3,(H,19,22)(H,20,21). The van der Waals surface area contributed by atoms with E-state index in [2.05, 4.69) is 33.2 Å². The van der Waals surface area contributed by atoms with Gasteiger partial charge in [-0.15, -0.1) is 0 Å². The van der Waals surface area contributed by atoms with Crippen LogP contribution in [-0.4, -0.2) is 25.0 Å². The van der Waals surface area contributed by atoms with Gasteiger partial charge in [0.05, 0.1) is 0 Å². The van der Waals surface area contributed by atoms with E-state index in [1.165, 1.54) is 0 Å². The molecule has 5 nitrogen and oxygen atoms in total. The molecule has 2 aromatic rings. The zero-order valence-electron chi connectivity index (χ0n) is 12.6. The number of hydrogen-bond donors (Lipinski definition) is 2. The minimum absolute atomic E-state index is 0.0913. The Hall–Kier alpha value is -2.09. The molecule has 2 aromatic carbocycles. The van der Waals surface area contributed by atoms with Crippen molar-refractivity contribution in [3.05, 3.63) is 57.7 Å². The van der Waals surface area contributed by atoms with E-state index in [1.807, 2.05) is 31.2 Å². The molecular weight excluding hydrogens is 407 g/mol. The Morgan fingerprint density at radius 2 is 1.87 bits per heavy atom. The van der Waals surface area contributed by atoms with E-state index in [-0.39, 0.29) is 18.4 Å². The van der Waals surface area contributed by atoms with Gasteiger partial charge in [0.1, 0.15) is 5.75 Å². The summed E-state index contributed by atoms with van der Waals surface area (Å²) in [5.74, 6) is 0.187. The second-order valence-corrected chi connectivity index (χ2v) is 5.98. The molecule has 0 saturated heterocycles. The molecule has 6 heteroatoms. The van der Waals surface area contributed by atoms with Gasteiger partial charge in [-0.05, 0) is 72.0 Å². The van der Waals surface area contributed by atoms with Crippen molar-refractivity contribution >= 4 is 40.1 Å². The third kappa shape index (κ3) is 5.55. The molecule has 0 aliphatic carbocycles. The monoisotopic (exact) mass is 424 g/mol. The summed E-state index contributed by atoms with van der Waals surface area (Å²) in [6.07, 6.45) is 0. The molecule has 0 saturated carbocycles. The first kappa shape index (κ1) is 17.3. The first-order valence-corrected chi connectivity index (χ1v) is 8.23. The van der Waals surface area contributed by atoms with Gasteiger partial charge in [0.2, 0.25) is 0 Å². The molecule has 2 amide bonds. The maximum atomic E-state index is 11.9. The molecule has 0 aromatic heterocycles. The Bertz CT molecular complexity index is 686. The third-order valence-corrected chi connectivity index (χ3v) is 3.65. The van der Waals surface area contributed by atoms with Crippen molar-refractivity contribution in [1.29, 1.82) is 0 Å². The van der Waals surface area contributed by atoms with Gasteiger partial charge >= 0.3 is 0 Å². The first-order valence-electron chi connectivity index (χ1n) is 7.15. The molecule has 23 heavy (non-hydrogen) atoms. The fourth-order valence-corrected chi connectivity index (χ4v) is 2.24. The lowest BCUT2D eigenvalue weighted by molar-refractivity contribution is -0.118. The molecule has 0 heterocycles. The highest BCUT2D eigenvalue weighted by Crippen LogP contribution is 2.14. The van der Waals surface area contributed by atoms with Crippen molar-refractivity contribution in [2.24, 2.45) is 0 Å². The van der Waals surface area contributed by atoms with Crippen molar-refractivity contribution < 1.29 is 14.3 Å². The average molecular weight is 424 g/mol. The summed E-state index contributed by atoms with van der Waals surface area (Å²) in [7, 11) is 0. The van der Waals surface area contributed by atoms with E-state index in [9.17, 15) is 9.59 Å². The van der Waals surface area contributed by atoms with Gasteiger partial charge in [0.25, 0.3) is 11.8 Å². The van der Waals surface area contributed by atoms with Crippen molar-refractivity contribution in [1.82, 2.24) is 5.32 Å². The largest absolute Gasteiger partial charge is 0.484 e. The summed E-state index contributed by atoms with van der Waals surface area (Å²) in [6, 6.07) is 14.2. The maximum Gasteiger partial charge on any atom is 0.262 e. The number of nitrogens with one attached hydrogen (secondary N) is 2. The van der Waals surface area contributed by atoms with Crippen molar-refractivity contribution in [3.8, 4) is 5.75 Å². The van der Waals surface area contributed by atoms with Crippen LogP contribution in [0.4, 0.5) is 5.69 Å². The fourth-order valence-electron chi connectivity index (χ4n) is 1.88. The lowest BCUT2D eigenvalue weighted by Gasteiger charge is -2.09. The maximum absolute atomic E-state index is 11.9. The predicted octanol–water partition coefficient (Wildman–Crippen LogP) is 3.06. The zero-order chi connectivity index (χ0) is 16.7. The molecule has 0 radical (unpaired) electrons. The number of halogens is 1. The Balaban J connectivity index is 1.91. The molecule has 0 spiro atoms. The lowest BCUT2D eigenvalue weighted by Crippen LogP contribution is -2.23. The summed E-state index contributed by atoms with van der Waals surface area (Å²) in [4.78, 5) is 23.7. The van der Waals surface area contributed by atoms with Crippen molar-refractivity contribution in [3.63, 3.8) is 0 Å². The van der Waals surface area contributed by atoms with E-state index in [1.54, 1.807) is 24.3 Å². The second kappa shape index (κ2) is 8.52. The van der Waals surface area contributed by atoms with Gasteiger partial charge in [0.15, 0.2) is 6.61 Å². The molecule has 120 valence electrons. The summed E-state index contributed by atoms with van der Waals surface area (Å²) in [5.41, 5.74) is 1.06. The van der Waals surface area contributed by atoms with E-state index in [4.69, 9.17) is 4.74 Å². The van der Waals surface area contributed by atoms with Crippen LogP contribution < -0.4 is 15.4 Å². The van der Waals surface area contributed by atoms with E-state index < -0.39 is 0 Å². The molecule has 0 aliphatic heterocycles. The van der Waals surface area contributed by atoms with Crippen LogP contribution in [0.3, 0.4) is 0 Å². The molecule has 2 N–H and O–H groups in total. The minimum Gasteiger partial charge on any atom is -0.484 e. The van der Waals surface area contributed by atoms with Gasteiger partial charge in [-0.25, -0.2) is 0 Å². The number of ether oxygens (including phenoxy) is 1. The highest BCUT2D eigenvalue weighted by atomic mass is 127. The highest BCUT2D eigenvalue weighted by molar-refractivity contribution is 14.1. The lowest BCUT2D eigenvalue weighted by atomic mass is 10.2. The van der Waals surface area contributed by atoms with Crippen LogP contribution in [0, 0.1) is 3.57 Å². The number of anilines is 1. The Labute approximate surface area is 148 Å². The van der Waals surface area contributed by atoms with Crippen LogP contribution in [0.2, 0.25) is 0 Å². The summed E-state index contributed by atoms with van der Waals surface area (Å²) in [6.45, 7) is 2.32. The van der Waals surface area contributed by atoms with E-state index in [0.29, 0.717) is 23.5 Å². The van der Waals surface area contributed by atoms with Crippen molar-refractivity contribution in [2.45, 2.75) is 6.92 Å². The van der Waals surface area contributed by atoms with Gasteiger partial charge < -0.3 is 15.4 Å². The molecular formula is C17H17IN2O3. The summed E-state index contributed by atoms with van der Waals surface area (Å²) < 4.78 is 6.52. The number of carbonyl (C=O) groups is 2. The molecule has 0 bridgehead atoms. The SMILES string of the molecule is CCNC(=O)c1cccc(NC(=O)COc2ccc(I)cc2)c1. The van der Waals surface area contributed by atoms with Gasteiger partial charge in [-0.3, -0.25) is 9.59 Å². The summed E-state index contributed by atoms with van der Waals surface area (Å²) >= 11 is 2.20. The first-order chi connectivity index (χ1) is 11.1. The number of carbonyl (C=O) groups excluding carboxylic acids is 2. The van der Waals surface area contributed by atoms with E-state index >= 15 is 0 Å². The third-order valence-electron chi connectivity index (χ3n) is 2.93. The minimum atomic E-state index is -0.281. The van der Waals surface area contributed by atoms with Crippen LogP contribution in [-0.2, 0) is 4.79 Å². The van der Waals surface area contributed by atoms with Crippen LogP contribution >= 0.6 is 22.6 Å². The van der Waals surface area contributed by atoms with Crippen LogP contribution in [0.25, 0.3) is 0 Å². The molecule has 2 rings (SSSR count). The topological polar surface area (TPSA) is 67.4 Å². The Morgan fingerprint density at radius 1 is 1.13 bits per heavy atom. The van der Waals surface area contributed by atoms with Crippen LogP contribution in [0.5, 0.6) is 5.75 Å². The second-order valence-electron chi connectivity index (χ2n) is 4.73. The van der Waals surface area contributed by atoms with Crippen LogP contribution in [0.1, 0.15) is 17.3 Å². The van der Waals surface area contributed by atoms with Crippen LogP contribution in [0.15, 0.2) is 48.5 Å². The Kier molecular flexibility index (Phi) is 6.40.